The van der Waals surface area contributed by atoms with E-state index in [0.29, 0.717) is 17.3 Å². The van der Waals surface area contributed by atoms with Gasteiger partial charge in [-0.25, -0.2) is 18.0 Å². The summed E-state index contributed by atoms with van der Waals surface area (Å²) >= 11 is 0. The quantitative estimate of drug-likeness (QED) is 0.512. The number of aromatic carboxylic acids is 1. The molecule has 2 aromatic carbocycles. The molecule has 0 radical (unpaired) electrons. The summed E-state index contributed by atoms with van der Waals surface area (Å²) in [4.78, 5) is 22.6. The lowest BCUT2D eigenvalue weighted by atomic mass is 9.99. The molecule has 0 amide bonds. The lowest BCUT2D eigenvalue weighted by Crippen LogP contribution is -2.35. The maximum Gasteiger partial charge on any atom is 0.490 e. The average Bonchev–Trinajstić information content (AvgIpc) is 2.78. The topological polar surface area (TPSA) is 124 Å². The molecule has 1 atom stereocenters. The van der Waals surface area contributed by atoms with E-state index in [1.165, 1.54) is 12.1 Å². The highest BCUT2D eigenvalue weighted by atomic mass is 32.2. The van der Waals surface area contributed by atoms with Crippen LogP contribution in [-0.4, -0.2) is 49.8 Å². The first-order valence-corrected chi connectivity index (χ1v) is 12.3. The Hall–Kier alpha value is -3.28. The Bertz CT molecular complexity index is 1150. The number of sulfonamides is 1. The Kier molecular flexibility index (Phi) is 9.13. The van der Waals surface area contributed by atoms with Crippen LogP contribution in [0.2, 0.25) is 0 Å². The highest BCUT2D eigenvalue weighted by molar-refractivity contribution is 7.92. The first-order valence-electron chi connectivity index (χ1n) is 10.8. The van der Waals surface area contributed by atoms with Gasteiger partial charge in [-0.2, -0.15) is 13.2 Å². The number of carboxylic acids is 2. The highest BCUT2D eigenvalue weighted by Gasteiger charge is 2.38. The molecule has 0 spiro atoms. The van der Waals surface area contributed by atoms with Crippen molar-refractivity contribution < 1.29 is 41.4 Å². The van der Waals surface area contributed by atoms with E-state index in [9.17, 15) is 31.5 Å². The third-order valence-electron chi connectivity index (χ3n) is 5.37. The second-order valence-corrected chi connectivity index (χ2v) is 9.82. The SMILES string of the molecule is CCc1ccc(S(=O)(=O)Nc2cc(C(=O)O)ccc2N2CCCC(C)C2)cc1.O=C(O)C(F)(F)F. The number of hydrogen-bond acceptors (Lipinski definition) is 5. The monoisotopic (exact) mass is 516 g/mol. The summed E-state index contributed by atoms with van der Waals surface area (Å²) in [5.74, 6) is -3.35. The molecule has 0 bridgehead atoms. The molecule has 1 saturated heterocycles. The molecule has 35 heavy (non-hydrogen) atoms. The number of piperidine rings is 1. The molecular formula is C23H27F3N2O6S. The molecule has 3 rings (SSSR count). The smallest absolute Gasteiger partial charge is 0.478 e. The summed E-state index contributed by atoms with van der Waals surface area (Å²) in [5, 5.41) is 16.5. The van der Waals surface area contributed by atoms with Crippen LogP contribution < -0.4 is 9.62 Å². The van der Waals surface area contributed by atoms with Crippen molar-refractivity contribution in [3.05, 3.63) is 53.6 Å². The molecule has 1 aliphatic heterocycles. The van der Waals surface area contributed by atoms with E-state index in [-0.39, 0.29) is 10.5 Å². The summed E-state index contributed by atoms with van der Waals surface area (Å²) < 4.78 is 60.2. The minimum absolute atomic E-state index is 0.0489. The standard InChI is InChI=1S/C21H26N2O4S.C2HF3O2/c1-3-16-6-9-18(10-7-16)28(26,27)22-19-13-17(21(24)25)8-11-20(19)23-12-4-5-15(2)14-23;3-2(4,5)1(6)7/h6-11,13,15,22H,3-5,12,14H2,1-2H3,(H,24,25);(H,6,7). The van der Waals surface area contributed by atoms with Crippen molar-refractivity contribution in [3.63, 3.8) is 0 Å². The zero-order valence-electron chi connectivity index (χ0n) is 19.2. The summed E-state index contributed by atoms with van der Waals surface area (Å²) in [5.41, 5.74) is 2.11. The van der Waals surface area contributed by atoms with E-state index >= 15 is 0 Å². The van der Waals surface area contributed by atoms with Crippen molar-refractivity contribution in [1.82, 2.24) is 0 Å². The fourth-order valence-corrected chi connectivity index (χ4v) is 4.61. The molecule has 1 fully saturated rings. The first-order chi connectivity index (χ1) is 16.2. The third kappa shape index (κ3) is 7.88. The van der Waals surface area contributed by atoms with Crippen molar-refractivity contribution in [2.24, 2.45) is 5.92 Å². The largest absolute Gasteiger partial charge is 0.490 e. The van der Waals surface area contributed by atoms with Gasteiger partial charge in [-0.1, -0.05) is 26.0 Å². The molecule has 8 nitrogen and oxygen atoms in total. The van der Waals surface area contributed by atoms with Crippen LogP contribution in [0.1, 0.15) is 42.6 Å². The van der Waals surface area contributed by atoms with Gasteiger partial charge in [-0.15, -0.1) is 0 Å². The fourth-order valence-electron chi connectivity index (χ4n) is 3.54. The van der Waals surface area contributed by atoms with Crippen molar-refractivity contribution >= 4 is 33.3 Å². The Morgan fingerprint density at radius 3 is 2.20 bits per heavy atom. The zero-order chi connectivity index (χ0) is 26.4. The van der Waals surface area contributed by atoms with Crippen molar-refractivity contribution in [3.8, 4) is 0 Å². The number of rotatable bonds is 6. The number of carboxylic acid groups (broad SMARTS) is 2. The Morgan fingerprint density at radius 2 is 1.71 bits per heavy atom. The molecule has 192 valence electrons. The highest BCUT2D eigenvalue weighted by Crippen LogP contribution is 2.32. The minimum atomic E-state index is -5.08. The van der Waals surface area contributed by atoms with Crippen molar-refractivity contribution in [1.29, 1.82) is 0 Å². The third-order valence-corrected chi connectivity index (χ3v) is 6.75. The lowest BCUT2D eigenvalue weighted by molar-refractivity contribution is -0.192. The second-order valence-electron chi connectivity index (χ2n) is 8.14. The summed E-state index contributed by atoms with van der Waals surface area (Å²) in [7, 11) is -3.83. The number of nitrogens with one attached hydrogen (secondary N) is 1. The number of halogens is 3. The number of hydrogen-bond donors (Lipinski definition) is 3. The Morgan fingerprint density at radius 1 is 1.11 bits per heavy atom. The van der Waals surface area contributed by atoms with Gasteiger partial charge in [0.05, 0.1) is 21.8 Å². The van der Waals surface area contributed by atoms with E-state index in [1.807, 2.05) is 6.92 Å². The maximum absolute atomic E-state index is 12.9. The molecule has 0 saturated carbocycles. The van der Waals surface area contributed by atoms with Gasteiger partial charge in [0.25, 0.3) is 10.0 Å². The van der Waals surface area contributed by atoms with Crippen LogP contribution in [0.3, 0.4) is 0 Å². The van der Waals surface area contributed by atoms with Crippen LogP contribution in [0.5, 0.6) is 0 Å². The van der Waals surface area contributed by atoms with E-state index in [1.54, 1.807) is 30.3 Å². The molecule has 1 unspecified atom stereocenters. The van der Waals surface area contributed by atoms with E-state index < -0.39 is 28.1 Å². The van der Waals surface area contributed by atoms with Crippen molar-refractivity contribution in [2.75, 3.05) is 22.7 Å². The predicted octanol–water partition coefficient (Wildman–Crippen LogP) is 4.62. The van der Waals surface area contributed by atoms with Crippen LogP contribution in [0.4, 0.5) is 24.5 Å². The Balaban J connectivity index is 0.000000540. The molecule has 2 aromatic rings. The van der Waals surface area contributed by atoms with Crippen molar-refractivity contribution in [2.45, 2.75) is 44.2 Å². The van der Waals surface area contributed by atoms with Crippen LogP contribution in [0, 0.1) is 5.92 Å². The normalized spacial score (nSPS) is 16.1. The number of carbonyl (C=O) groups is 2. The fraction of sp³-hybridized carbons (Fsp3) is 0.391. The molecule has 1 aliphatic rings. The molecule has 3 N–H and O–H groups in total. The van der Waals surface area contributed by atoms with Gasteiger partial charge < -0.3 is 15.1 Å². The summed E-state index contributed by atoms with van der Waals surface area (Å²) in [6.07, 6.45) is -2.10. The second kappa shape index (κ2) is 11.4. The zero-order valence-corrected chi connectivity index (χ0v) is 20.0. The summed E-state index contributed by atoms with van der Waals surface area (Å²) in [6, 6.07) is 11.3. The van der Waals surface area contributed by atoms with E-state index in [0.717, 1.165) is 37.9 Å². The van der Waals surface area contributed by atoms with Gasteiger partial charge >= 0.3 is 18.1 Å². The van der Waals surface area contributed by atoms with Crippen LogP contribution >= 0.6 is 0 Å². The number of benzene rings is 2. The molecular weight excluding hydrogens is 489 g/mol. The minimum Gasteiger partial charge on any atom is -0.478 e. The number of alkyl halides is 3. The summed E-state index contributed by atoms with van der Waals surface area (Å²) in [6.45, 7) is 5.80. The van der Waals surface area contributed by atoms with Crippen LogP contribution in [0.15, 0.2) is 47.4 Å². The molecule has 0 aliphatic carbocycles. The first kappa shape index (κ1) is 28.0. The number of aliphatic carboxylic acids is 1. The maximum atomic E-state index is 12.9. The number of anilines is 2. The van der Waals surface area contributed by atoms with Gasteiger partial charge in [-0.05, 0) is 61.1 Å². The van der Waals surface area contributed by atoms with Gasteiger partial charge in [0, 0.05) is 13.1 Å². The van der Waals surface area contributed by atoms with Crippen LogP contribution in [0.25, 0.3) is 0 Å². The molecule has 12 heteroatoms. The van der Waals surface area contributed by atoms with Gasteiger partial charge in [-0.3, -0.25) is 4.72 Å². The van der Waals surface area contributed by atoms with Gasteiger partial charge in [0.2, 0.25) is 0 Å². The van der Waals surface area contributed by atoms with Crippen LogP contribution in [-0.2, 0) is 21.2 Å². The lowest BCUT2D eigenvalue weighted by Gasteiger charge is -2.34. The predicted molar refractivity (Wildman–Crippen MR) is 124 cm³/mol. The average molecular weight is 517 g/mol. The van der Waals surface area contributed by atoms with E-state index in [4.69, 9.17) is 9.90 Å². The van der Waals surface area contributed by atoms with Gasteiger partial charge in [0.15, 0.2) is 0 Å². The molecule has 0 aromatic heterocycles. The Labute approximate surface area is 201 Å². The van der Waals surface area contributed by atoms with Gasteiger partial charge in [0.1, 0.15) is 0 Å². The van der Waals surface area contributed by atoms with E-state index in [2.05, 4.69) is 16.5 Å². The number of aryl methyl sites for hydroxylation is 1. The molecule has 1 heterocycles. The number of nitrogens with zero attached hydrogens (tertiary/aromatic N) is 1.